The minimum absolute atomic E-state index is 0. The number of hydrogen-bond donors (Lipinski definition) is 0. The van der Waals surface area contributed by atoms with Gasteiger partial charge in [-0.25, -0.2) is 0 Å². The fourth-order valence-electron chi connectivity index (χ4n) is 0.408. The Kier molecular flexibility index (Phi) is 35.4. The van der Waals surface area contributed by atoms with E-state index in [4.69, 9.17) is 0 Å². The fourth-order valence-corrected chi connectivity index (χ4v) is 0.408. The maximum absolute atomic E-state index is 9.49. The molecule has 72 valence electrons. The van der Waals surface area contributed by atoms with E-state index >= 15 is 0 Å². The van der Waals surface area contributed by atoms with Gasteiger partial charge in [-0.05, 0) is 12.8 Å². The van der Waals surface area contributed by atoms with Crippen LogP contribution < -0.4 is 91.2 Å². The third-order valence-corrected chi connectivity index (χ3v) is 0.908. The number of carbonyl (C=O) groups excluding carboxylic acids is 2. The summed E-state index contributed by atoms with van der Waals surface area (Å²) >= 11 is 0. The van der Waals surface area contributed by atoms with Crippen molar-refractivity contribution < 1.29 is 101 Å². The van der Waals surface area contributed by atoms with E-state index in [9.17, 15) is 19.8 Å². The van der Waals surface area contributed by atoms with E-state index in [1.807, 2.05) is 0 Å². The second-order valence-corrected chi connectivity index (χ2v) is 2.24. The smallest absolute Gasteiger partial charge is 0.550 e. The van der Waals surface area contributed by atoms with Crippen LogP contribution in [0, 0.1) is 0 Å². The van der Waals surface area contributed by atoms with Crippen molar-refractivity contribution in [1.29, 1.82) is 0 Å². The maximum atomic E-state index is 9.49. The molecule has 0 heterocycles. The Balaban J connectivity index is -0.0000000625. The molecule has 0 unspecified atom stereocenters. The zero-order valence-corrected chi connectivity index (χ0v) is 14.6. The van der Waals surface area contributed by atoms with Gasteiger partial charge in [-0.3, -0.25) is 0 Å². The Hall–Kier alpha value is 1.58. The topological polar surface area (TPSA) is 80.3 Å². The van der Waals surface area contributed by atoms with Crippen LogP contribution in [0.5, 0.6) is 0 Å². The first-order valence-electron chi connectivity index (χ1n) is 3.94. The predicted octanol–water partition coefficient (Wildman–Crippen LogP) is -6.92. The Bertz CT molecular complexity index is 125. The zero-order valence-electron chi connectivity index (χ0n) is 9.46. The van der Waals surface area contributed by atoms with Crippen LogP contribution in [0.2, 0.25) is 0 Å². The van der Waals surface area contributed by atoms with Crippen LogP contribution in [0.1, 0.15) is 39.5 Å². The van der Waals surface area contributed by atoms with Gasteiger partial charge < -0.3 is 19.8 Å². The molecule has 4 nitrogen and oxygen atoms in total. The molecule has 0 aliphatic rings. The van der Waals surface area contributed by atoms with Crippen molar-refractivity contribution in [2.24, 2.45) is 0 Å². The number of carboxylic acids is 2. The van der Waals surface area contributed by atoms with Crippen LogP contribution in [-0.4, -0.2) is 11.9 Å². The van der Waals surface area contributed by atoms with Crippen molar-refractivity contribution in [1.82, 2.24) is 0 Å². The molecule has 0 spiro atoms. The Morgan fingerprint density at radius 3 is 1.14 bits per heavy atom. The molecule has 14 heavy (non-hydrogen) atoms. The molecular formula is C8H14KNaO4. The van der Waals surface area contributed by atoms with Gasteiger partial charge >= 0.3 is 80.9 Å². The molecule has 0 amide bonds. The van der Waals surface area contributed by atoms with Gasteiger partial charge in [0.05, 0.1) is 0 Å². The predicted molar refractivity (Wildman–Crippen MR) is 39.8 cm³/mol. The third-order valence-electron chi connectivity index (χ3n) is 0.908. The Labute approximate surface area is 150 Å². The Morgan fingerprint density at radius 1 is 0.929 bits per heavy atom. The molecule has 0 rings (SSSR count). The third kappa shape index (κ3) is 37.4. The van der Waals surface area contributed by atoms with Crippen LogP contribution in [0.4, 0.5) is 0 Å². The molecule has 0 atom stereocenters. The van der Waals surface area contributed by atoms with Gasteiger partial charge in [0.25, 0.3) is 0 Å². The van der Waals surface area contributed by atoms with Gasteiger partial charge in [0.1, 0.15) is 0 Å². The average Bonchev–Trinajstić information content (AvgIpc) is 1.87. The van der Waals surface area contributed by atoms with E-state index in [2.05, 4.69) is 0 Å². The molecule has 0 saturated carbocycles. The van der Waals surface area contributed by atoms with E-state index < -0.39 is 11.9 Å². The summed E-state index contributed by atoms with van der Waals surface area (Å²) in [7, 11) is 0. The first-order valence-corrected chi connectivity index (χ1v) is 3.94. The minimum Gasteiger partial charge on any atom is -0.550 e. The van der Waals surface area contributed by atoms with Gasteiger partial charge in [0, 0.05) is 11.9 Å². The van der Waals surface area contributed by atoms with Crippen molar-refractivity contribution in [3.8, 4) is 0 Å². The molecule has 0 fully saturated rings. The summed E-state index contributed by atoms with van der Waals surface area (Å²) in [6.45, 7) is 3.60. The summed E-state index contributed by atoms with van der Waals surface area (Å²) in [5, 5.41) is 19.0. The summed E-state index contributed by atoms with van der Waals surface area (Å²) in [5.41, 5.74) is 0. The summed E-state index contributed by atoms with van der Waals surface area (Å²) in [4.78, 5) is 19.0. The fraction of sp³-hybridized carbons (Fsp3) is 0.750. The van der Waals surface area contributed by atoms with Crippen molar-refractivity contribution in [2.75, 3.05) is 0 Å². The van der Waals surface area contributed by atoms with Crippen LogP contribution in [-0.2, 0) is 9.59 Å². The van der Waals surface area contributed by atoms with Crippen LogP contribution in [0.15, 0.2) is 0 Å². The summed E-state index contributed by atoms with van der Waals surface area (Å²) in [5.74, 6) is -1.92. The van der Waals surface area contributed by atoms with E-state index in [-0.39, 0.29) is 93.8 Å². The van der Waals surface area contributed by atoms with Crippen molar-refractivity contribution >= 4 is 11.9 Å². The van der Waals surface area contributed by atoms with Crippen LogP contribution >= 0.6 is 0 Å². The summed E-state index contributed by atoms with van der Waals surface area (Å²) < 4.78 is 0. The molecule has 0 saturated heterocycles. The van der Waals surface area contributed by atoms with Crippen molar-refractivity contribution in [3.63, 3.8) is 0 Å². The minimum atomic E-state index is -0.961. The molecule has 0 aromatic carbocycles. The van der Waals surface area contributed by atoms with Crippen LogP contribution in [0.3, 0.4) is 0 Å². The average molecular weight is 236 g/mol. The second-order valence-electron chi connectivity index (χ2n) is 2.24. The number of carboxylic acid groups (broad SMARTS) is 2. The molecule has 0 radical (unpaired) electrons. The van der Waals surface area contributed by atoms with E-state index in [0.29, 0.717) is 12.8 Å². The molecule has 0 aromatic rings. The van der Waals surface area contributed by atoms with Gasteiger partial charge in [-0.2, -0.15) is 0 Å². The van der Waals surface area contributed by atoms with E-state index in [1.54, 1.807) is 13.8 Å². The first-order chi connectivity index (χ1) is 5.54. The number of rotatable bonds is 4. The molecule has 0 bridgehead atoms. The quantitative estimate of drug-likeness (QED) is 0.454. The number of hydrogen-bond acceptors (Lipinski definition) is 4. The largest absolute Gasteiger partial charge is 1.00 e. The standard InChI is InChI=1S/2C4H8O2.K.Na/c2*1-2-3-4(5)6;;/h2*2-3H2,1H3,(H,5,6);;/q;;2*+1/p-2. The maximum Gasteiger partial charge on any atom is 1.00 e. The number of carbonyl (C=O) groups is 2. The molecule has 0 N–H and O–H groups in total. The normalized spacial score (nSPS) is 7.00. The SMILES string of the molecule is CCCC(=O)[O-].CCCC(=O)[O-].[K+].[Na+]. The second kappa shape index (κ2) is 20.0. The van der Waals surface area contributed by atoms with E-state index in [1.165, 1.54) is 0 Å². The van der Waals surface area contributed by atoms with Gasteiger partial charge in [0.15, 0.2) is 0 Å². The van der Waals surface area contributed by atoms with Gasteiger partial charge in [-0.1, -0.05) is 26.7 Å². The van der Waals surface area contributed by atoms with Gasteiger partial charge in [-0.15, -0.1) is 0 Å². The zero-order chi connectivity index (χ0) is 9.98. The molecule has 6 heteroatoms. The first kappa shape index (κ1) is 24.7. The summed E-state index contributed by atoms with van der Waals surface area (Å²) in [6, 6.07) is 0. The molecule has 0 aliphatic heterocycles. The van der Waals surface area contributed by atoms with Crippen molar-refractivity contribution in [2.45, 2.75) is 39.5 Å². The van der Waals surface area contributed by atoms with Crippen molar-refractivity contribution in [3.05, 3.63) is 0 Å². The van der Waals surface area contributed by atoms with Gasteiger partial charge in [0.2, 0.25) is 0 Å². The summed E-state index contributed by atoms with van der Waals surface area (Å²) in [6.07, 6.45) is 1.70. The molecule has 0 aromatic heterocycles. The molecular weight excluding hydrogens is 222 g/mol. The Morgan fingerprint density at radius 2 is 1.14 bits per heavy atom. The monoisotopic (exact) mass is 236 g/mol. The molecule has 0 aliphatic carbocycles. The van der Waals surface area contributed by atoms with E-state index in [0.717, 1.165) is 0 Å². The number of aliphatic carboxylic acids is 2. The van der Waals surface area contributed by atoms with Crippen LogP contribution in [0.25, 0.3) is 0 Å².